The number of piperidine rings is 1. The van der Waals surface area contributed by atoms with Crippen molar-refractivity contribution in [3.63, 3.8) is 0 Å². The fraction of sp³-hybridized carbons (Fsp3) is 1.00. The zero-order chi connectivity index (χ0) is 14.0. The number of hydrogen-bond acceptors (Lipinski definition) is 4. The van der Waals surface area contributed by atoms with Crippen LogP contribution in [-0.4, -0.2) is 69.2 Å². The van der Waals surface area contributed by atoms with Crippen molar-refractivity contribution in [2.75, 3.05) is 51.6 Å². The molecule has 2 saturated heterocycles. The van der Waals surface area contributed by atoms with Gasteiger partial charge >= 0.3 is 0 Å². The van der Waals surface area contributed by atoms with Crippen molar-refractivity contribution in [2.24, 2.45) is 11.8 Å². The van der Waals surface area contributed by atoms with E-state index in [1.165, 1.54) is 19.4 Å². The lowest BCUT2D eigenvalue weighted by Crippen LogP contribution is -2.50. The van der Waals surface area contributed by atoms with Gasteiger partial charge in [-0.25, -0.2) is 8.42 Å². The highest BCUT2D eigenvalue weighted by atomic mass is 32.2. The van der Waals surface area contributed by atoms with E-state index in [1.807, 2.05) is 0 Å². The fourth-order valence-electron chi connectivity index (χ4n) is 3.33. The van der Waals surface area contributed by atoms with Crippen LogP contribution < -0.4 is 5.32 Å². The predicted octanol–water partition coefficient (Wildman–Crippen LogP) is 0.343. The van der Waals surface area contributed by atoms with E-state index in [0.29, 0.717) is 24.8 Å². The highest BCUT2D eigenvalue weighted by Gasteiger charge is 2.31. The Morgan fingerprint density at radius 3 is 2.35 bits per heavy atom. The monoisotopic (exact) mass is 301 g/mol. The van der Waals surface area contributed by atoms with E-state index >= 15 is 0 Å². The molecule has 2 heterocycles. The van der Waals surface area contributed by atoms with Gasteiger partial charge in [-0.2, -0.15) is 4.31 Å². The van der Waals surface area contributed by atoms with Gasteiger partial charge in [0, 0.05) is 32.7 Å². The largest absolute Gasteiger partial charge is 0.316 e. The van der Waals surface area contributed by atoms with Crippen molar-refractivity contribution in [1.82, 2.24) is 14.5 Å². The molecule has 0 radical (unpaired) electrons. The van der Waals surface area contributed by atoms with Gasteiger partial charge in [0.1, 0.15) is 0 Å². The third-order valence-corrected chi connectivity index (χ3v) is 6.83. The molecule has 0 aromatic rings. The van der Waals surface area contributed by atoms with Crippen molar-refractivity contribution in [2.45, 2.75) is 25.7 Å². The molecule has 0 spiro atoms. The standard InChI is InChI=1S/C14H27N3O2S/c18-20(19,12-14-2-1-5-15-10-14)17-8-6-16(7-9-17)11-13-3-4-13/h13-15H,1-12H2. The molecule has 5 nitrogen and oxygen atoms in total. The van der Waals surface area contributed by atoms with E-state index in [4.69, 9.17) is 0 Å². The van der Waals surface area contributed by atoms with Crippen LogP contribution in [0.3, 0.4) is 0 Å². The molecule has 3 fully saturated rings. The molecule has 1 N–H and O–H groups in total. The first-order valence-electron chi connectivity index (χ1n) is 8.04. The van der Waals surface area contributed by atoms with Crippen LogP contribution >= 0.6 is 0 Å². The Balaban J connectivity index is 1.47. The van der Waals surface area contributed by atoms with E-state index in [-0.39, 0.29) is 0 Å². The van der Waals surface area contributed by atoms with Crippen LogP contribution in [-0.2, 0) is 10.0 Å². The molecule has 1 atom stereocenters. The van der Waals surface area contributed by atoms with Crippen molar-refractivity contribution in [3.8, 4) is 0 Å². The average molecular weight is 301 g/mol. The van der Waals surface area contributed by atoms with Gasteiger partial charge in [0.15, 0.2) is 0 Å². The lowest BCUT2D eigenvalue weighted by atomic mass is 10.0. The predicted molar refractivity (Wildman–Crippen MR) is 80.1 cm³/mol. The summed E-state index contributed by atoms with van der Waals surface area (Å²) in [5.41, 5.74) is 0. The van der Waals surface area contributed by atoms with Crippen molar-refractivity contribution in [3.05, 3.63) is 0 Å². The molecular formula is C14H27N3O2S. The number of rotatable bonds is 5. The lowest BCUT2D eigenvalue weighted by Gasteiger charge is -2.35. The summed E-state index contributed by atoms with van der Waals surface area (Å²) in [4.78, 5) is 2.44. The molecule has 3 aliphatic rings. The Kier molecular flexibility index (Phi) is 4.65. The van der Waals surface area contributed by atoms with Gasteiger partial charge in [0.2, 0.25) is 10.0 Å². The maximum atomic E-state index is 12.5. The Bertz CT molecular complexity index is 408. The van der Waals surface area contributed by atoms with Gasteiger partial charge in [-0.3, -0.25) is 0 Å². The van der Waals surface area contributed by atoms with E-state index in [9.17, 15) is 8.42 Å². The number of sulfonamides is 1. The molecule has 0 aromatic carbocycles. The quantitative estimate of drug-likeness (QED) is 0.796. The highest BCUT2D eigenvalue weighted by Crippen LogP contribution is 2.30. The summed E-state index contributed by atoms with van der Waals surface area (Å²) in [5, 5.41) is 3.30. The molecule has 1 saturated carbocycles. The van der Waals surface area contributed by atoms with Gasteiger partial charge in [-0.15, -0.1) is 0 Å². The number of hydrogen-bond donors (Lipinski definition) is 1. The minimum Gasteiger partial charge on any atom is -0.316 e. The molecule has 0 bridgehead atoms. The topological polar surface area (TPSA) is 52.7 Å². The van der Waals surface area contributed by atoms with Crippen molar-refractivity contribution < 1.29 is 8.42 Å². The second-order valence-corrected chi connectivity index (χ2v) is 8.65. The Hall–Kier alpha value is -0.170. The third kappa shape index (κ3) is 3.93. The van der Waals surface area contributed by atoms with Crippen LogP contribution in [0.2, 0.25) is 0 Å². The molecule has 1 unspecified atom stereocenters. The van der Waals surface area contributed by atoms with Gasteiger partial charge in [0.25, 0.3) is 0 Å². The molecule has 3 rings (SSSR count). The third-order valence-electron chi connectivity index (χ3n) is 4.78. The summed E-state index contributed by atoms with van der Waals surface area (Å²) in [6, 6.07) is 0. The van der Waals surface area contributed by atoms with Crippen LogP contribution in [0.1, 0.15) is 25.7 Å². The Morgan fingerprint density at radius 2 is 1.75 bits per heavy atom. The molecule has 20 heavy (non-hydrogen) atoms. The lowest BCUT2D eigenvalue weighted by molar-refractivity contribution is 0.181. The number of piperazine rings is 1. The second kappa shape index (κ2) is 6.30. The number of nitrogens with one attached hydrogen (secondary N) is 1. The minimum absolute atomic E-state index is 0.304. The van der Waals surface area contributed by atoms with Gasteiger partial charge in [0.05, 0.1) is 5.75 Å². The Labute approximate surface area is 122 Å². The van der Waals surface area contributed by atoms with Gasteiger partial charge in [-0.05, 0) is 50.6 Å². The SMILES string of the molecule is O=S(=O)(CC1CCCNC1)N1CCN(CC2CC2)CC1. The normalized spacial score (nSPS) is 30.5. The fourth-order valence-corrected chi connectivity index (χ4v) is 5.14. The van der Waals surface area contributed by atoms with E-state index < -0.39 is 10.0 Å². The van der Waals surface area contributed by atoms with E-state index in [0.717, 1.165) is 44.9 Å². The summed E-state index contributed by atoms with van der Waals surface area (Å²) < 4.78 is 26.7. The zero-order valence-corrected chi connectivity index (χ0v) is 13.1. The van der Waals surface area contributed by atoms with Crippen molar-refractivity contribution in [1.29, 1.82) is 0 Å². The van der Waals surface area contributed by atoms with Crippen LogP contribution in [0.4, 0.5) is 0 Å². The summed E-state index contributed by atoms with van der Waals surface area (Å²) in [5.74, 6) is 1.53. The first kappa shape index (κ1) is 14.8. The van der Waals surface area contributed by atoms with E-state index in [1.54, 1.807) is 4.31 Å². The summed E-state index contributed by atoms with van der Waals surface area (Å²) >= 11 is 0. The smallest absolute Gasteiger partial charge is 0.214 e. The van der Waals surface area contributed by atoms with Crippen molar-refractivity contribution >= 4 is 10.0 Å². The van der Waals surface area contributed by atoms with E-state index in [2.05, 4.69) is 10.2 Å². The first-order valence-corrected chi connectivity index (χ1v) is 9.65. The minimum atomic E-state index is -3.05. The maximum absolute atomic E-state index is 12.5. The van der Waals surface area contributed by atoms with Gasteiger partial charge in [-0.1, -0.05) is 0 Å². The zero-order valence-electron chi connectivity index (χ0n) is 12.3. The molecule has 1 aliphatic carbocycles. The van der Waals surface area contributed by atoms with Crippen LogP contribution in [0.25, 0.3) is 0 Å². The molecule has 6 heteroatoms. The molecule has 116 valence electrons. The van der Waals surface area contributed by atoms with Crippen LogP contribution in [0.15, 0.2) is 0 Å². The molecule has 0 amide bonds. The molecular weight excluding hydrogens is 274 g/mol. The number of nitrogens with zero attached hydrogens (tertiary/aromatic N) is 2. The summed E-state index contributed by atoms with van der Waals surface area (Å²) in [6.45, 7) is 6.29. The summed E-state index contributed by atoms with van der Waals surface area (Å²) in [6.07, 6.45) is 4.89. The van der Waals surface area contributed by atoms with Crippen LogP contribution in [0, 0.1) is 11.8 Å². The van der Waals surface area contributed by atoms with Crippen LogP contribution in [0.5, 0.6) is 0 Å². The molecule has 0 aromatic heterocycles. The first-order chi connectivity index (χ1) is 9.63. The van der Waals surface area contributed by atoms with Gasteiger partial charge < -0.3 is 10.2 Å². The Morgan fingerprint density at radius 1 is 1.00 bits per heavy atom. The summed E-state index contributed by atoms with van der Waals surface area (Å²) in [7, 11) is -3.05. The second-order valence-electron chi connectivity index (χ2n) is 6.63. The average Bonchev–Trinajstić information content (AvgIpc) is 3.24. The highest BCUT2D eigenvalue weighted by molar-refractivity contribution is 7.89. The molecule has 2 aliphatic heterocycles. The maximum Gasteiger partial charge on any atom is 0.214 e.